The van der Waals surface area contributed by atoms with Crippen molar-refractivity contribution in [2.75, 3.05) is 26.8 Å². The van der Waals surface area contributed by atoms with E-state index in [2.05, 4.69) is 11.2 Å². The number of rotatable bonds is 6. The Balaban J connectivity index is 1.53. The number of benzene rings is 1. The quantitative estimate of drug-likeness (QED) is 0.796. The highest BCUT2D eigenvalue weighted by Gasteiger charge is 2.24. The first kappa shape index (κ1) is 18.5. The lowest BCUT2D eigenvalue weighted by Gasteiger charge is -2.33. The summed E-state index contributed by atoms with van der Waals surface area (Å²) in [6.07, 6.45) is 1.26. The average Bonchev–Trinajstić information content (AvgIpc) is 2.97. The van der Waals surface area contributed by atoms with Crippen LogP contribution in [-0.4, -0.2) is 53.5 Å². The molecule has 0 bridgehead atoms. The number of carbonyl (C=O) groups is 1. The van der Waals surface area contributed by atoms with Gasteiger partial charge in [0.15, 0.2) is 0 Å². The van der Waals surface area contributed by atoms with Gasteiger partial charge in [-0.25, -0.2) is 0 Å². The molecule has 1 atom stereocenters. The summed E-state index contributed by atoms with van der Waals surface area (Å²) in [4.78, 5) is 14.5. The predicted molar refractivity (Wildman–Crippen MR) is 99.3 cm³/mol. The summed E-state index contributed by atoms with van der Waals surface area (Å²) in [5, 5.41) is 4.42. The first-order chi connectivity index (χ1) is 12.5. The molecule has 0 aliphatic carbocycles. The van der Waals surface area contributed by atoms with Crippen LogP contribution in [0.4, 0.5) is 0 Å². The molecule has 0 radical (unpaired) electrons. The second kappa shape index (κ2) is 8.36. The van der Waals surface area contributed by atoms with E-state index in [9.17, 15) is 4.79 Å². The van der Waals surface area contributed by atoms with Crippen LogP contribution in [0.25, 0.3) is 0 Å². The molecular weight excluding hydrogens is 330 g/mol. The number of hydrogen-bond donors (Lipinski definition) is 0. The number of amides is 1. The van der Waals surface area contributed by atoms with Crippen LogP contribution in [0.3, 0.4) is 0 Å². The zero-order chi connectivity index (χ0) is 18.5. The van der Waals surface area contributed by atoms with Crippen LogP contribution < -0.4 is 4.74 Å². The van der Waals surface area contributed by atoms with E-state index in [-0.39, 0.29) is 12.0 Å². The first-order valence-electron chi connectivity index (χ1n) is 9.08. The highest BCUT2D eigenvalue weighted by Crippen LogP contribution is 2.17. The molecule has 1 amide bonds. The maximum absolute atomic E-state index is 12.6. The van der Waals surface area contributed by atoms with Crippen molar-refractivity contribution in [2.45, 2.75) is 39.3 Å². The average molecular weight is 357 g/mol. The minimum absolute atomic E-state index is 0.0218. The third kappa shape index (κ3) is 4.64. The van der Waals surface area contributed by atoms with Crippen molar-refractivity contribution in [1.29, 1.82) is 0 Å². The van der Waals surface area contributed by atoms with Gasteiger partial charge in [-0.05, 0) is 37.6 Å². The van der Waals surface area contributed by atoms with E-state index >= 15 is 0 Å². The summed E-state index contributed by atoms with van der Waals surface area (Å²) in [6.45, 7) is 6.48. The van der Waals surface area contributed by atoms with Crippen LogP contribution in [-0.2, 0) is 22.5 Å². The molecule has 0 spiro atoms. The molecule has 0 N–H and O–H groups in total. The second-order valence-corrected chi connectivity index (χ2v) is 6.79. The molecule has 1 aliphatic heterocycles. The van der Waals surface area contributed by atoms with Crippen LogP contribution in [0, 0.1) is 13.8 Å². The number of aromatic nitrogens is 2. The van der Waals surface area contributed by atoms with Crippen LogP contribution in [0.1, 0.15) is 23.4 Å². The Kier molecular flexibility index (Phi) is 5.93. The van der Waals surface area contributed by atoms with Gasteiger partial charge in [-0.15, -0.1) is 0 Å². The van der Waals surface area contributed by atoms with Gasteiger partial charge in [0.05, 0.1) is 25.5 Å². The van der Waals surface area contributed by atoms with Crippen molar-refractivity contribution in [3.8, 4) is 5.75 Å². The Labute approximate surface area is 154 Å². The minimum Gasteiger partial charge on any atom is -0.497 e. The van der Waals surface area contributed by atoms with Gasteiger partial charge < -0.3 is 14.4 Å². The Hall–Kier alpha value is -2.34. The van der Waals surface area contributed by atoms with Crippen molar-refractivity contribution >= 4 is 5.91 Å². The maximum atomic E-state index is 12.6. The predicted octanol–water partition coefficient (Wildman–Crippen LogP) is 2.37. The van der Waals surface area contributed by atoms with E-state index < -0.39 is 0 Å². The molecule has 1 aromatic heterocycles. The number of carbonyl (C=O) groups excluding carboxylic acids is 1. The normalized spacial score (nSPS) is 17.3. The van der Waals surface area contributed by atoms with Gasteiger partial charge >= 0.3 is 0 Å². The summed E-state index contributed by atoms with van der Waals surface area (Å²) in [5.41, 5.74) is 3.24. The molecule has 1 saturated heterocycles. The molecule has 3 rings (SSSR count). The highest BCUT2D eigenvalue weighted by atomic mass is 16.5. The Bertz CT molecular complexity index is 757. The topological polar surface area (TPSA) is 56.6 Å². The molecule has 1 aromatic carbocycles. The van der Waals surface area contributed by atoms with Crippen LogP contribution in [0.5, 0.6) is 5.75 Å². The summed E-state index contributed by atoms with van der Waals surface area (Å²) in [7, 11) is 1.67. The fourth-order valence-electron chi connectivity index (χ4n) is 3.39. The SMILES string of the molecule is COc1cccc(C[C@H]2CN(C(=O)CCn3nc(C)cc3C)CCO2)c1. The number of hydrogen-bond acceptors (Lipinski definition) is 4. The number of methoxy groups -OCH3 is 1. The minimum atomic E-state index is 0.0218. The first-order valence-corrected chi connectivity index (χ1v) is 9.08. The van der Waals surface area contributed by atoms with Crippen LogP contribution in [0.2, 0.25) is 0 Å². The van der Waals surface area contributed by atoms with Crippen molar-refractivity contribution < 1.29 is 14.3 Å². The fourth-order valence-corrected chi connectivity index (χ4v) is 3.39. The zero-order valence-corrected chi connectivity index (χ0v) is 15.8. The van der Waals surface area contributed by atoms with E-state index in [4.69, 9.17) is 9.47 Å². The lowest BCUT2D eigenvalue weighted by atomic mass is 10.1. The summed E-state index contributed by atoms with van der Waals surface area (Å²) in [5.74, 6) is 1.01. The lowest BCUT2D eigenvalue weighted by Crippen LogP contribution is -2.46. The van der Waals surface area contributed by atoms with Crippen LogP contribution >= 0.6 is 0 Å². The standard InChI is InChI=1S/C20H27N3O3/c1-15-11-16(2)23(21-15)8-7-20(24)22-9-10-26-19(14-22)13-17-5-4-6-18(12-17)25-3/h4-6,11-12,19H,7-10,13-14H2,1-3H3/t19-/m0/s1. The highest BCUT2D eigenvalue weighted by molar-refractivity contribution is 5.76. The summed E-state index contributed by atoms with van der Waals surface area (Å²) < 4.78 is 13.0. The zero-order valence-electron chi connectivity index (χ0n) is 15.8. The van der Waals surface area contributed by atoms with Gasteiger partial charge in [0.1, 0.15) is 5.75 Å². The van der Waals surface area contributed by atoms with Crippen molar-refractivity contribution in [1.82, 2.24) is 14.7 Å². The van der Waals surface area contributed by atoms with Crippen molar-refractivity contribution in [3.05, 3.63) is 47.3 Å². The number of nitrogens with zero attached hydrogens (tertiary/aromatic N) is 3. The summed E-state index contributed by atoms with van der Waals surface area (Å²) in [6, 6.07) is 10.0. The molecule has 140 valence electrons. The van der Waals surface area contributed by atoms with Gasteiger partial charge in [-0.1, -0.05) is 12.1 Å². The molecule has 1 aliphatic rings. The van der Waals surface area contributed by atoms with Crippen molar-refractivity contribution in [3.63, 3.8) is 0 Å². The maximum Gasteiger partial charge on any atom is 0.224 e. The lowest BCUT2D eigenvalue weighted by molar-refractivity contribution is -0.139. The Morgan fingerprint density at radius 3 is 2.92 bits per heavy atom. The molecule has 2 heterocycles. The second-order valence-electron chi connectivity index (χ2n) is 6.79. The van der Waals surface area contributed by atoms with E-state index in [1.54, 1.807) is 7.11 Å². The van der Waals surface area contributed by atoms with Gasteiger partial charge in [-0.2, -0.15) is 5.10 Å². The number of morpholine rings is 1. The smallest absolute Gasteiger partial charge is 0.224 e. The van der Waals surface area contributed by atoms with Gasteiger partial charge in [0, 0.05) is 38.2 Å². The van der Waals surface area contributed by atoms with E-state index in [0.717, 1.165) is 29.1 Å². The van der Waals surface area contributed by atoms with E-state index in [0.29, 0.717) is 32.7 Å². The van der Waals surface area contributed by atoms with Crippen molar-refractivity contribution in [2.24, 2.45) is 0 Å². The molecule has 2 aromatic rings. The van der Waals surface area contributed by atoms with Crippen LogP contribution in [0.15, 0.2) is 30.3 Å². The number of ether oxygens (including phenoxy) is 2. The molecule has 0 saturated carbocycles. The third-order valence-electron chi connectivity index (χ3n) is 4.73. The Morgan fingerprint density at radius 2 is 2.19 bits per heavy atom. The fraction of sp³-hybridized carbons (Fsp3) is 0.500. The molecule has 6 nitrogen and oxygen atoms in total. The van der Waals surface area contributed by atoms with E-state index in [1.165, 1.54) is 0 Å². The Morgan fingerprint density at radius 1 is 1.35 bits per heavy atom. The molecule has 0 unspecified atom stereocenters. The summed E-state index contributed by atoms with van der Waals surface area (Å²) >= 11 is 0. The monoisotopic (exact) mass is 357 g/mol. The van der Waals surface area contributed by atoms with Gasteiger partial charge in [0.2, 0.25) is 5.91 Å². The van der Waals surface area contributed by atoms with Gasteiger partial charge in [-0.3, -0.25) is 9.48 Å². The number of aryl methyl sites for hydroxylation is 3. The molecule has 26 heavy (non-hydrogen) atoms. The third-order valence-corrected chi connectivity index (χ3v) is 4.73. The molecule has 1 fully saturated rings. The molecular formula is C20H27N3O3. The molecule has 6 heteroatoms. The van der Waals surface area contributed by atoms with E-state index in [1.807, 2.05) is 47.7 Å². The van der Waals surface area contributed by atoms with Gasteiger partial charge in [0.25, 0.3) is 0 Å². The largest absolute Gasteiger partial charge is 0.497 e.